The molecule has 0 fully saturated rings. The highest BCUT2D eigenvalue weighted by atomic mass is 16.1. The molecule has 0 aliphatic carbocycles. The third kappa shape index (κ3) is 1.93. The minimum absolute atomic E-state index is 0.122. The number of nitrogens with zero attached hydrogens (tertiary/aromatic N) is 3. The van der Waals surface area contributed by atoms with Crippen molar-refractivity contribution in [3.63, 3.8) is 0 Å². The van der Waals surface area contributed by atoms with Crippen molar-refractivity contribution in [2.75, 3.05) is 5.32 Å². The topological polar surface area (TPSA) is 99.3 Å². The molecule has 0 saturated carbocycles. The molecule has 0 unspecified atom stereocenters. The van der Waals surface area contributed by atoms with Gasteiger partial charge in [0, 0.05) is 18.8 Å². The van der Waals surface area contributed by atoms with Gasteiger partial charge in [0.15, 0.2) is 11.5 Å². The Morgan fingerprint density at radius 1 is 1.22 bits per heavy atom. The summed E-state index contributed by atoms with van der Waals surface area (Å²) >= 11 is 0. The molecule has 7 nitrogen and oxygen atoms in total. The molecule has 90 valence electrons. The first-order valence-electron chi connectivity index (χ1n) is 5.38. The van der Waals surface area contributed by atoms with Crippen LogP contribution < -0.4 is 10.9 Å². The molecular formula is C11H10N6O. The van der Waals surface area contributed by atoms with Gasteiger partial charge in [0.2, 0.25) is 5.56 Å². The number of nitrogens with one attached hydrogen (secondary N) is 3. The zero-order chi connectivity index (χ0) is 12.4. The van der Waals surface area contributed by atoms with Crippen LogP contribution in [0.3, 0.4) is 0 Å². The quantitative estimate of drug-likeness (QED) is 0.626. The van der Waals surface area contributed by atoms with Crippen molar-refractivity contribution in [3.8, 4) is 0 Å². The number of pyridine rings is 1. The van der Waals surface area contributed by atoms with Crippen LogP contribution in [0.4, 0.5) is 5.82 Å². The molecule has 18 heavy (non-hydrogen) atoms. The van der Waals surface area contributed by atoms with Crippen LogP contribution in [-0.2, 0) is 6.54 Å². The van der Waals surface area contributed by atoms with E-state index in [-0.39, 0.29) is 5.56 Å². The van der Waals surface area contributed by atoms with Crippen LogP contribution in [0, 0.1) is 0 Å². The Kier molecular flexibility index (Phi) is 2.49. The van der Waals surface area contributed by atoms with E-state index in [2.05, 4.69) is 30.2 Å². The van der Waals surface area contributed by atoms with Crippen molar-refractivity contribution >= 4 is 17.0 Å². The van der Waals surface area contributed by atoms with Gasteiger partial charge in [0.05, 0.1) is 6.33 Å². The van der Waals surface area contributed by atoms with Gasteiger partial charge in [-0.05, 0) is 11.6 Å². The Labute approximate surface area is 101 Å². The first-order chi connectivity index (χ1) is 8.83. The van der Waals surface area contributed by atoms with Crippen LogP contribution in [0.25, 0.3) is 11.2 Å². The van der Waals surface area contributed by atoms with Gasteiger partial charge in [0.1, 0.15) is 11.8 Å². The largest absolute Gasteiger partial charge is 0.364 e. The molecule has 0 saturated heterocycles. The number of rotatable bonds is 3. The van der Waals surface area contributed by atoms with Crippen molar-refractivity contribution in [2.24, 2.45) is 0 Å². The molecule has 0 amide bonds. The number of anilines is 1. The second-order valence-corrected chi connectivity index (χ2v) is 3.74. The molecule has 0 aliphatic heterocycles. The summed E-state index contributed by atoms with van der Waals surface area (Å²) in [4.78, 5) is 28.9. The Bertz CT molecular complexity index is 731. The number of imidazole rings is 1. The van der Waals surface area contributed by atoms with E-state index in [1.54, 1.807) is 18.6 Å². The highest BCUT2D eigenvalue weighted by Gasteiger charge is 2.04. The van der Waals surface area contributed by atoms with E-state index in [4.69, 9.17) is 0 Å². The second kappa shape index (κ2) is 4.28. The van der Waals surface area contributed by atoms with E-state index in [9.17, 15) is 4.79 Å². The molecule has 7 heteroatoms. The molecule has 3 rings (SSSR count). The maximum atomic E-state index is 11.1. The Balaban J connectivity index is 1.85. The van der Waals surface area contributed by atoms with Crippen LogP contribution in [-0.4, -0.2) is 24.9 Å². The Morgan fingerprint density at radius 2 is 2.17 bits per heavy atom. The number of aromatic nitrogens is 5. The lowest BCUT2D eigenvalue weighted by atomic mass is 10.2. The smallest absolute Gasteiger partial charge is 0.248 e. The maximum absolute atomic E-state index is 11.1. The van der Waals surface area contributed by atoms with Gasteiger partial charge < -0.3 is 15.3 Å². The number of hydrogen-bond donors (Lipinski definition) is 3. The molecule has 3 aromatic rings. The molecular weight excluding hydrogens is 232 g/mol. The fourth-order valence-electron chi connectivity index (χ4n) is 1.68. The van der Waals surface area contributed by atoms with Crippen LogP contribution in [0.2, 0.25) is 0 Å². The van der Waals surface area contributed by atoms with E-state index in [0.29, 0.717) is 18.0 Å². The number of fused-ring (bicyclic) bond motifs is 1. The summed E-state index contributed by atoms with van der Waals surface area (Å²) in [5, 5.41) is 3.14. The standard InChI is InChI=1S/C11H10N6O/c18-8-3-7(1-2-12-8)4-13-10-9-11(15-5-14-9)17-6-16-10/h1-3,5-6H,4H2,(H,12,18)(H2,13,14,15,16,17). The number of H-pyrrole nitrogens is 2. The highest BCUT2D eigenvalue weighted by Crippen LogP contribution is 2.14. The molecule has 0 bridgehead atoms. The lowest BCUT2D eigenvalue weighted by molar-refractivity contribution is 1.07. The third-order valence-electron chi connectivity index (χ3n) is 2.52. The molecule has 3 heterocycles. The lowest BCUT2D eigenvalue weighted by Gasteiger charge is -2.05. The minimum atomic E-state index is -0.122. The molecule has 3 N–H and O–H groups in total. The van der Waals surface area contributed by atoms with E-state index in [1.807, 2.05) is 6.07 Å². The first-order valence-corrected chi connectivity index (χ1v) is 5.38. The summed E-state index contributed by atoms with van der Waals surface area (Å²) in [6.45, 7) is 0.509. The summed E-state index contributed by atoms with van der Waals surface area (Å²) < 4.78 is 0. The summed E-state index contributed by atoms with van der Waals surface area (Å²) in [5.41, 5.74) is 2.12. The van der Waals surface area contributed by atoms with E-state index >= 15 is 0 Å². The van der Waals surface area contributed by atoms with Gasteiger partial charge >= 0.3 is 0 Å². The van der Waals surface area contributed by atoms with Crippen LogP contribution in [0.5, 0.6) is 0 Å². The summed E-state index contributed by atoms with van der Waals surface area (Å²) in [6.07, 6.45) is 4.63. The SMILES string of the molecule is O=c1cc(CNc2ncnc3nc[nH]c23)cc[nH]1. The Hall–Kier alpha value is -2.70. The molecule has 0 spiro atoms. The average Bonchev–Trinajstić information content (AvgIpc) is 2.85. The molecule has 3 aromatic heterocycles. The fourth-order valence-corrected chi connectivity index (χ4v) is 1.68. The third-order valence-corrected chi connectivity index (χ3v) is 2.52. The first kappa shape index (κ1) is 10.5. The zero-order valence-electron chi connectivity index (χ0n) is 9.34. The second-order valence-electron chi connectivity index (χ2n) is 3.74. The van der Waals surface area contributed by atoms with Crippen molar-refractivity contribution in [1.29, 1.82) is 0 Å². The highest BCUT2D eigenvalue weighted by molar-refractivity contribution is 5.81. The van der Waals surface area contributed by atoms with Crippen LogP contribution >= 0.6 is 0 Å². The fraction of sp³-hybridized carbons (Fsp3) is 0.0909. The average molecular weight is 242 g/mol. The Morgan fingerprint density at radius 3 is 3.06 bits per heavy atom. The summed E-state index contributed by atoms with van der Waals surface area (Å²) in [6, 6.07) is 3.37. The summed E-state index contributed by atoms with van der Waals surface area (Å²) in [5.74, 6) is 0.665. The van der Waals surface area contributed by atoms with Crippen molar-refractivity contribution in [1.82, 2.24) is 24.9 Å². The summed E-state index contributed by atoms with van der Waals surface area (Å²) in [7, 11) is 0. The van der Waals surface area contributed by atoms with Crippen LogP contribution in [0.1, 0.15) is 5.56 Å². The minimum Gasteiger partial charge on any atom is -0.364 e. The van der Waals surface area contributed by atoms with Gasteiger partial charge in [-0.2, -0.15) is 0 Å². The monoisotopic (exact) mass is 242 g/mol. The molecule has 0 radical (unpaired) electrons. The van der Waals surface area contributed by atoms with Gasteiger partial charge in [-0.3, -0.25) is 4.79 Å². The lowest BCUT2D eigenvalue weighted by Crippen LogP contribution is -2.08. The van der Waals surface area contributed by atoms with Crippen molar-refractivity contribution in [3.05, 3.63) is 46.9 Å². The molecule has 0 aromatic carbocycles. The zero-order valence-corrected chi connectivity index (χ0v) is 9.34. The maximum Gasteiger partial charge on any atom is 0.248 e. The number of aromatic amines is 2. The van der Waals surface area contributed by atoms with Crippen molar-refractivity contribution in [2.45, 2.75) is 6.54 Å². The van der Waals surface area contributed by atoms with E-state index in [0.717, 1.165) is 11.1 Å². The molecule has 0 atom stereocenters. The van der Waals surface area contributed by atoms with Gasteiger partial charge in [-0.1, -0.05) is 0 Å². The predicted octanol–water partition coefficient (Wildman–Crippen LogP) is 0.653. The van der Waals surface area contributed by atoms with Crippen LogP contribution in [0.15, 0.2) is 35.8 Å². The van der Waals surface area contributed by atoms with Gasteiger partial charge in [-0.15, -0.1) is 0 Å². The van der Waals surface area contributed by atoms with E-state index in [1.165, 1.54) is 6.33 Å². The normalized spacial score (nSPS) is 10.7. The van der Waals surface area contributed by atoms with E-state index < -0.39 is 0 Å². The molecule has 0 aliphatic rings. The van der Waals surface area contributed by atoms with Crippen molar-refractivity contribution < 1.29 is 0 Å². The van der Waals surface area contributed by atoms with Gasteiger partial charge in [0.25, 0.3) is 0 Å². The number of hydrogen-bond acceptors (Lipinski definition) is 5. The van der Waals surface area contributed by atoms with Gasteiger partial charge in [-0.25, -0.2) is 15.0 Å². The predicted molar refractivity (Wildman–Crippen MR) is 66.1 cm³/mol.